The number of carbonyl (C=O) groups is 2. The van der Waals surface area contributed by atoms with Crippen LogP contribution in [0.3, 0.4) is 0 Å². The first-order chi connectivity index (χ1) is 14.5. The SMILES string of the molecule is CCC(=O)C1=C(O)C(=O)N(c2ccc(C(C)(C)C)cc2)C1c1ccc(OC(C)C)cc1. The summed E-state index contributed by atoms with van der Waals surface area (Å²) < 4.78 is 5.72. The molecule has 0 aliphatic carbocycles. The van der Waals surface area contributed by atoms with E-state index in [2.05, 4.69) is 20.8 Å². The number of anilines is 1. The third-order valence-corrected chi connectivity index (χ3v) is 5.41. The number of rotatable bonds is 6. The Hall–Kier alpha value is -3.08. The standard InChI is InChI=1S/C26H31NO4/c1-7-21(28)22-23(17-8-14-20(15-9-17)31-16(2)3)27(25(30)24(22)29)19-12-10-18(11-13-19)26(4,5)6/h8-16,23,29H,7H2,1-6H3. The molecule has 1 heterocycles. The number of Topliss-reactive ketones (excluding diaryl/α,β-unsaturated/α-hetero) is 1. The van der Waals surface area contributed by atoms with Crippen molar-refractivity contribution in [2.24, 2.45) is 0 Å². The highest BCUT2D eigenvalue weighted by atomic mass is 16.5. The molecule has 2 aromatic rings. The quantitative estimate of drug-likeness (QED) is 0.654. The van der Waals surface area contributed by atoms with Gasteiger partial charge in [0.2, 0.25) is 0 Å². The molecule has 164 valence electrons. The highest BCUT2D eigenvalue weighted by Gasteiger charge is 2.43. The number of amides is 1. The van der Waals surface area contributed by atoms with E-state index in [4.69, 9.17) is 4.74 Å². The Balaban J connectivity index is 2.07. The Morgan fingerprint density at radius 2 is 1.65 bits per heavy atom. The number of carbonyl (C=O) groups excluding carboxylic acids is 2. The van der Waals surface area contributed by atoms with Crippen LogP contribution in [0.15, 0.2) is 59.9 Å². The molecule has 0 saturated heterocycles. The second kappa shape index (κ2) is 8.58. The van der Waals surface area contributed by atoms with Crippen LogP contribution in [0.25, 0.3) is 0 Å². The molecule has 0 aromatic heterocycles. The fraction of sp³-hybridized carbons (Fsp3) is 0.385. The van der Waals surface area contributed by atoms with Crippen LogP contribution >= 0.6 is 0 Å². The van der Waals surface area contributed by atoms with E-state index in [-0.39, 0.29) is 29.3 Å². The van der Waals surface area contributed by atoms with Crippen molar-refractivity contribution in [1.29, 1.82) is 0 Å². The van der Waals surface area contributed by atoms with Gasteiger partial charge in [-0.15, -0.1) is 0 Å². The first-order valence-corrected chi connectivity index (χ1v) is 10.7. The van der Waals surface area contributed by atoms with E-state index in [1.54, 1.807) is 6.92 Å². The molecule has 1 N–H and O–H groups in total. The lowest BCUT2D eigenvalue weighted by Gasteiger charge is -2.28. The molecule has 0 saturated carbocycles. The Labute approximate surface area is 184 Å². The van der Waals surface area contributed by atoms with Gasteiger partial charge in [-0.1, -0.05) is 52.0 Å². The van der Waals surface area contributed by atoms with E-state index >= 15 is 0 Å². The van der Waals surface area contributed by atoms with Crippen LogP contribution < -0.4 is 9.64 Å². The maximum atomic E-state index is 13.1. The summed E-state index contributed by atoms with van der Waals surface area (Å²) in [6.07, 6.45) is 0.243. The first kappa shape index (κ1) is 22.6. The molecule has 5 nitrogen and oxygen atoms in total. The van der Waals surface area contributed by atoms with Gasteiger partial charge in [-0.2, -0.15) is 0 Å². The van der Waals surface area contributed by atoms with E-state index in [0.29, 0.717) is 11.4 Å². The molecule has 0 bridgehead atoms. The molecule has 5 heteroatoms. The summed E-state index contributed by atoms with van der Waals surface area (Å²) in [4.78, 5) is 27.3. The van der Waals surface area contributed by atoms with Crippen molar-refractivity contribution in [2.45, 2.75) is 65.5 Å². The molecule has 0 spiro atoms. The highest BCUT2D eigenvalue weighted by molar-refractivity contribution is 6.16. The molecule has 3 rings (SSSR count). The van der Waals surface area contributed by atoms with E-state index in [0.717, 1.165) is 11.1 Å². The summed E-state index contributed by atoms with van der Waals surface area (Å²) in [6, 6.07) is 14.3. The lowest BCUT2D eigenvalue weighted by Crippen LogP contribution is -2.31. The topological polar surface area (TPSA) is 66.8 Å². The largest absolute Gasteiger partial charge is 0.503 e. The smallest absolute Gasteiger partial charge is 0.294 e. The van der Waals surface area contributed by atoms with E-state index in [9.17, 15) is 14.7 Å². The number of ether oxygens (including phenoxy) is 1. The summed E-state index contributed by atoms with van der Waals surface area (Å²) in [7, 11) is 0. The number of aliphatic hydroxyl groups is 1. The third kappa shape index (κ3) is 4.50. The zero-order valence-electron chi connectivity index (χ0n) is 19.1. The maximum absolute atomic E-state index is 13.1. The predicted molar refractivity (Wildman–Crippen MR) is 123 cm³/mol. The molecule has 1 aliphatic heterocycles. The molecule has 1 atom stereocenters. The van der Waals surface area contributed by atoms with Gasteiger partial charge in [0, 0.05) is 12.1 Å². The van der Waals surface area contributed by atoms with Gasteiger partial charge >= 0.3 is 0 Å². The molecule has 2 aromatic carbocycles. The number of benzene rings is 2. The van der Waals surface area contributed by atoms with Crippen LogP contribution in [0.5, 0.6) is 5.75 Å². The zero-order valence-corrected chi connectivity index (χ0v) is 19.1. The maximum Gasteiger partial charge on any atom is 0.294 e. The number of nitrogens with zero attached hydrogens (tertiary/aromatic N) is 1. The molecule has 0 fully saturated rings. The fourth-order valence-electron chi connectivity index (χ4n) is 3.79. The zero-order chi connectivity index (χ0) is 22.9. The summed E-state index contributed by atoms with van der Waals surface area (Å²) >= 11 is 0. The average Bonchev–Trinajstić information content (AvgIpc) is 2.98. The Morgan fingerprint density at radius 1 is 1.06 bits per heavy atom. The number of hydrogen-bond acceptors (Lipinski definition) is 4. The summed E-state index contributed by atoms with van der Waals surface area (Å²) in [6.45, 7) is 12.0. The molecular weight excluding hydrogens is 390 g/mol. The third-order valence-electron chi connectivity index (χ3n) is 5.41. The van der Waals surface area contributed by atoms with E-state index < -0.39 is 17.7 Å². The van der Waals surface area contributed by atoms with Crippen LogP contribution in [-0.2, 0) is 15.0 Å². The normalized spacial score (nSPS) is 16.9. The Bertz CT molecular complexity index is 995. The summed E-state index contributed by atoms with van der Waals surface area (Å²) in [5, 5.41) is 10.6. The minimum Gasteiger partial charge on any atom is -0.503 e. The minimum atomic E-state index is -0.687. The number of ketones is 1. The van der Waals surface area contributed by atoms with Crippen molar-refractivity contribution in [3.8, 4) is 5.75 Å². The van der Waals surface area contributed by atoms with E-state index in [1.807, 2.05) is 62.4 Å². The van der Waals surface area contributed by atoms with Gasteiger partial charge in [0.05, 0.1) is 17.7 Å². The van der Waals surface area contributed by atoms with Crippen molar-refractivity contribution in [3.05, 3.63) is 71.0 Å². The van der Waals surface area contributed by atoms with Crippen molar-refractivity contribution in [1.82, 2.24) is 0 Å². The van der Waals surface area contributed by atoms with E-state index in [1.165, 1.54) is 4.90 Å². The highest BCUT2D eigenvalue weighted by Crippen LogP contribution is 2.42. The lowest BCUT2D eigenvalue weighted by atomic mass is 9.87. The van der Waals surface area contributed by atoms with Crippen molar-refractivity contribution >= 4 is 17.4 Å². The van der Waals surface area contributed by atoms with Crippen LogP contribution in [0.2, 0.25) is 0 Å². The van der Waals surface area contributed by atoms with Gasteiger partial charge in [0.1, 0.15) is 5.75 Å². The molecule has 1 unspecified atom stereocenters. The van der Waals surface area contributed by atoms with Crippen molar-refractivity contribution < 1.29 is 19.4 Å². The lowest BCUT2D eigenvalue weighted by molar-refractivity contribution is -0.118. The second-order valence-electron chi connectivity index (χ2n) is 9.15. The van der Waals surface area contributed by atoms with Gasteiger partial charge in [-0.3, -0.25) is 14.5 Å². The molecule has 31 heavy (non-hydrogen) atoms. The van der Waals surface area contributed by atoms with Gasteiger partial charge < -0.3 is 9.84 Å². The first-order valence-electron chi connectivity index (χ1n) is 10.7. The van der Waals surface area contributed by atoms with Gasteiger partial charge in [0.15, 0.2) is 11.5 Å². The molecule has 0 radical (unpaired) electrons. The van der Waals surface area contributed by atoms with Crippen molar-refractivity contribution in [3.63, 3.8) is 0 Å². The minimum absolute atomic E-state index is 0.0249. The van der Waals surface area contributed by atoms with Gasteiger partial charge in [-0.05, 0) is 54.7 Å². The monoisotopic (exact) mass is 421 g/mol. The van der Waals surface area contributed by atoms with Gasteiger partial charge in [-0.25, -0.2) is 0 Å². The van der Waals surface area contributed by atoms with Crippen molar-refractivity contribution in [2.75, 3.05) is 4.90 Å². The molecule has 1 amide bonds. The summed E-state index contributed by atoms with van der Waals surface area (Å²) in [5.74, 6) is -0.569. The van der Waals surface area contributed by atoms with Gasteiger partial charge in [0.25, 0.3) is 5.91 Å². The average molecular weight is 422 g/mol. The van der Waals surface area contributed by atoms with Crippen LogP contribution in [0.1, 0.15) is 65.1 Å². The molecule has 1 aliphatic rings. The van der Waals surface area contributed by atoms with Crippen LogP contribution in [-0.4, -0.2) is 22.9 Å². The van der Waals surface area contributed by atoms with Crippen LogP contribution in [0.4, 0.5) is 5.69 Å². The second-order valence-corrected chi connectivity index (χ2v) is 9.15. The Morgan fingerprint density at radius 3 is 2.13 bits per heavy atom. The predicted octanol–water partition coefficient (Wildman–Crippen LogP) is 5.65. The fourth-order valence-corrected chi connectivity index (χ4v) is 3.79. The molecular formula is C26H31NO4. The number of aliphatic hydroxyl groups excluding tert-OH is 1. The Kier molecular flexibility index (Phi) is 6.25. The summed E-state index contributed by atoms with van der Waals surface area (Å²) in [5.41, 5.74) is 2.63. The number of hydrogen-bond donors (Lipinski definition) is 1. The van der Waals surface area contributed by atoms with Crippen LogP contribution in [0, 0.1) is 0 Å².